The van der Waals surface area contributed by atoms with E-state index in [2.05, 4.69) is 16.5 Å². The van der Waals surface area contributed by atoms with Crippen LogP contribution in [0, 0.1) is 0 Å². The molecular weight excluding hydrogens is 144 g/mol. The molecule has 52 valence electrons. The molecule has 0 radical (unpaired) electrons. The monoisotopic (exact) mass is 152 g/mol. The van der Waals surface area contributed by atoms with E-state index in [0.717, 1.165) is 10.8 Å². The van der Waals surface area contributed by atoms with E-state index in [-0.39, 0.29) is 0 Å². The van der Waals surface area contributed by atoms with E-state index in [0.29, 0.717) is 0 Å². The molecule has 1 aromatic rings. The van der Waals surface area contributed by atoms with Crippen molar-refractivity contribution in [1.82, 2.24) is 9.97 Å². The van der Waals surface area contributed by atoms with Crippen LogP contribution in [0.1, 0.15) is 0 Å². The summed E-state index contributed by atoms with van der Waals surface area (Å²) in [6.45, 7) is 3.61. The van der Waals surface area contributed by atoms with E-state index in [4.69, 9.17) is 0 Å². The zero-order chi connectivity index (χ0) is 7.23. The Hall–Kier alpha value is -0.830. The summed E-state index contributed by atoms with van der Waals surface area (Å²) < 4.78 is 0. The second-order valence-corrected chi connectivity index (χ2v) is 2.69. The van der Waals surface area contributed by atoms with Crippen LogP contribution in [0.2, 0.25) is 0 Å². The van der Waals surface area contributed by atoms with E-state index in [1.54, 1.807) is 24.3 Å². The van der Waals surface area contributed by atoms with Crippen LogP contribution in [0.15, 0.2) is 36.3 Å². The molecule has 2 nitrogen and oxygen atoms in total. The third-order valence-electron chi connectivity index (χ3n) is 0.904. The van der Waals surface area contributed by atoms with Gasteiger partial charge in [-0.25, -0.2) is 9.97 Å². The standard InChI is InChI=1S/C7H8N2S/c1-2-5-10-7-3-4-8-6-9-7/h2-4,6H,1,5H2. The fourth-order valence-corrected chi connectivity index (χ4v) is 1.08. The molecule has 0 saturated carbocycles. The highest BCUT2D eigenvalue weighted by Gasteiger charge is 1.88. The Labute approximate surface area is 64.4 Å². The molecule has 1 rings (SSSR count). The smallest absolute Gasteiger partial charge is 0.116 e. The van der Waals surface area contributed by atoms with Crippen molar-refractivity contribution >= 4 is 11.8 Å². The van der Waals surface area contributed by atoms with Crippen molar-refractivity contribution in [3.05, 3.63) is 31.2 Å². The van der Waals surface area contributed by atoms with Crippen molar-refractivity contribution in [3.8, 4) is 0 Å². The number of rotatable bonds is 3. The number of thioether (sulfide) groups is 1. The third-order valence-corrected chi connectivity index (χ3v) is 1.84. The van der Waals surface area contributed by atoms with E-state index >= 15 is 0 Å². The van der Waals surface area contributed by atoms with Crippen LogP contribution >= 0.6 is 11.8 Å². The van der Waals surface area contributed by atoms with Crippen LogP contribution in [0.25, 0.3) is 0 Å². The first-order chi connectivity index (χ1) is 4.93. The van der Waals surface area contributed by atoms with Gasteiger partial charge in [-0.3, -0.25) is 0 Å². The normalized spacial score (nSPS) is 9.20. The highest BCUT2D eigenvalue weighted by atomic mass is 32.2. The molecule has 0 bridgehead atoms. The lowest BCUT2D eigenvalue weighted by atomic mass is 10.7. The molecule has 0 aliphatic carbocycles. The predicted molar refractivity (Wildman–Crippen MR) is 43.0 cm³/mol. The zero-order valence-electron chi connectivity index (χ0n) is 5.53. The Bertz CT molecular complexity index is 198. The van der Waals surface area contributed by atoms with Crippen molar-refractivity contribution in [1.29, 1.82) is 0 Å². The summed E-state index contributed by atoms with van der Waals surface area (Å²) in [6, 6.07) is 1.88. The van der Waals surface area contributed by atoms with Gasteiger partial charge in [-0.15, -0.1) is 18.3 Å². The first-order valence-corrected chi connectivity index (χ1v) is 3.92. The molecule has 0 amide bonds. The maximum absolute atomic E-state index is 4.02. The van der Waals surface area contributed by atoms with E-state index in [1.807, 2.05) is 12.1 Å². The second kappa shape index (κ2) is 4.06. The highest BCUT2D eigenvalue weighted by molar-refractivity contribution is 7.99. The summed E-state index contributed by atoms with van der Waals surface area (Å²) in [5.74, 6) is 0.900. The Kier molecular flexibility index (Phi) is 2.96. The average molecular weight is 152 g/mol. The molecule has 1 heterocycles. The molecule has 0 saturated heterocycles. The first kappa shape index (κ1) is 7.28. The largest absolute Gasteiger partial charge is 0.245 e. The quantitative estimate of drug-likeness (QED) is 0.375. The molecule has 3 heteroatoms. The lowest BCUT2D eigenvalue weighted by molar-refractivity contribution is 1.05. The van der Waals surface area contributed by atoms with Gasteiger partial charge in [0, 0.05) is 11.9 Å². The molecule has 0 aliphatic rings. The van der Waals surface area contributed by atoms with Gasteiger partial charge in [0.2, 0.25) is 0 Å². The second-order valence-electron chi connectivity index (χ2n) is 1.65. The van der Waals surface area contributed by atoms with Gasteiger partial charge >= 0.3 is 0 Å². The summed E-state index contributed by atoms with van der Waals surface area (Å²) in [6.07, 6.45) is 5.14. The van der Waals surface area contributed by atoms with E-state index < -0.39 is 0 Å². The minimum Gasteiger partial charge on any atom is -0.245 e. The molecule has 0 atom stereocenters. The molecule has 10 heavy (non-hydrogen) atoms. The van der Waals surface area contributed by atoms with Gasteiger partial charge in [0.1, 0.15) is 6.33 Å². The molecular formula is C7H8N2S. The van der Waals surface area contributed by atoms with E-state index in [9.17, 15) is 0 Å². The van der Waals surface area contributed by atoms with Crippen molar-refractivity contribution in [2.45, 2.75) is 5.03 Å². The summed E-state index contributed by atoms with van der Waals surface area (Å²) in [7, 11) is 0. The van der Waals surface area contributed by atoms with Crippen LogP contribution in [0.4, 0.5) is 0 Å². The molecule has 1 aromatic heterocycles. The number of aromatic nitrogens is 2. The lowest BCUT2D eigenvalue weighted by Crippen LogP contribution is -1.79. The van der Waals surface area contributed by atoms with Crippen LogP contribution in [-0.4, -0.2) is 15.7 Å². The fraction of sp³-hybridized carbons (Fsp3) is 0.143. The average Bonchev–Trinajstić information content (AvgIpc) is 2.03. The van der Waals surface area contributed by atoms with E-state index in [1.165, 1.54) is 0 Å². The van der Waals surface area contributed by atoms with Crippen molar-refractivity contribution in [3.63, 3.8) is 0 Å². The maximum atomic E-state index is 4.02. The zero-order valence-corrected chi connectivity index (χ0v) is 6.34. The van der Waals surface area contributed by atoms with Crippen molar-refractivity contribution < 1.29 is 0 Å². The summed E-state index contributed by atoms with van der Waals surface area (Å²) in [4.78, 5) is 7.82. The molecule has 0 N–H and O–H groups in total. The van der Waals surface area contributed by atoms with Crippen molar-refractivity contribution in [2.24, 2.45) is 0 Å². The van der Waals surface area contributed by atoms with Crippen molar-refractivity contribution in [2.75, 3.05) is 5.75 Å². The van der Waals surface area contributed by atoms with Gasteiger partial charge in [0.05, 0.1) is 5.03 Å². The van der Waals surface area contributed by atoms with Gasteiger partial charge in [-0.2, -0.15) is 0 Å². The highest BCUT2D eigenvalue weighted by Crippen LogP contribution is 2.12. The fourth-order valence-electron chi connectivity index (χ4n) is 0.508. The first-order valence-electron chi connectivity index (χ1n) is 2.93. The third kappa shape index (κ3) is 2.19. The summed E-state index contributed by atoms with van der Waals surface area (Å²) in [5, 5.41) is 0.995. The summed E-state index contributed by atoms with van der Waals surface area (Å²) in [5.41, 5.74) is 0. The topological polar surface area (TPSA) is 25.8 Å². The minimum atomic E-state index is 0.900. The van der Waals surface area contributed by atoms with Crippen LogP contribution < -0.4 is 0 Å². The molecule has 0 fully saturated rings. The van der Waals surface area contributed by atoms with Crippen LogP contribution in [0.3, 0.4) is 0 Å². The molecule has 0 aliphatic heterocycles. The molecule has 0 unspecified atom stereocenters. The number of hydrogen-bond donors (Lipinski definition) is 0. The Morgan fingerprint density at radius 3 is 3.20 bits per heavy atom. The predicted octanol–water partition coefficient (Wildman–Crippen LogP) is 1.75. The Morgan fingerprint density at radius 2 is 2.60 bits per heavy atom. The molecule has 0 spiro atoms. The number of hydrogen-bond acceptors (Lipinski definition) is 3. The SMILES string of the molecule is C=CCSc1ccncn1. The Balaban J connectivity index is 2.50. The lowest BCUT2D eigenvalue weighted by Gasteiger charge is -1.92. The maximum Gasteiger partial charge on any atom is 0.116 e. The minimum absolute atomic E-state index is 0.900. The van der Waals surface area contributed by atoms with Gasteiger partial charge in [0.25, 0.3) is 0 Å². The number of nitrogens with zero attached hydrogens (tertiary/aromatic N) is 2. The van der Waals surface area contributed by atoms with Gasteiger partial charge in [-0.1, -0.05) is 6.08 Å². The van der Waals surface area contributed by atoms with Gasteiger partial charge in [-0.05, 0) is 6.07 Å². The summed E-state index contributed by atoms with van der Waals surface area (Å²) >= 11 is 1.65. The molecule has 0 aromatic carbocycles. The van der Waals surface area contributed by atoms with Gasteiger partial charge in [0.15, 0.2) is 0 Å². The Morgan fingerprint density at radius 1 is 1.70 bits per heavy atom. The van der Waals surface area contributed by atoms with Crippen LogP contribution in [0.5, 0.6) is 0 Å². The van der Waals surface area contributed by atoms with Gasteiger partial charge < -0.3 is 0 Å². The van der Waals surface area contributed by atoms with Crippen LogP contribution in [-0.2, 0) is 0 Å².